The molecule has 0 bridgehead atoms. The van der Waals surface area contributed by atoms with E-state index in [4.69, 9.17) is 9.47 Å². The van der Waals surface area contributed by atoms with Gasteiger partial charge in [0.05, 0.1) is 31.8 Å². The fourth-order valence-electron chi connectivity index (χ4n) is 3.10. The van der Waals surface area contributed by atoms with Gasteiger partial charge < -0.3 is 18.9 Å². The maximum absolute atomic E-state index is 12.8. The number of rotatable bonds is 2. The highest BCUT2D eigenvalue weighted by Gasteiger charge is 2.34. The lowest BCUT2D eigenvalue weighted by molar-refractivity contribution is -0.149. The van der Waals surface area contributed by atoms with Crippen molar-refractivity contribution < 1.29 is 14.3 Å². The normalized spacial score (nSPS) is 27.6. The summed E-state index contributed by atoms with van der Waals surface area (Å²) < 4.78 is 13.1. The van der Waals surface area contributed by atoms with E-state index in [2.05, 4.69) is 10.6 Å². The zero-order chi connectivity index (χ0) is 13.9. The van der Waals surface area contributed by atoms with E-state index in [1.807, 2.05) is 24.2 Å². The predicted octanol–water partition coefficient (Wildman–Crippen LogP) is 1.35. The second-order valence-corrected chi connectivity index (χ2v) is 5.58. The number of nitrogens with zero attached hydrogens (tertiary/aromatic N) is 2. The van der Waals surface area contributed by atoms with Gasteiger partial charge in [-0.05, 0) is 25.0 Å². The Labute approximate surface area is 119 Å². The molecule has 0 aliphatic carbocycles. The van der Waals surface area contributed by atoms with Crippen LogP contribution in [-0.4, -0.2) is 48.3 Å². The van der Waals surface area contributed by atoms with Crippen molar-refractivity contribution in [1.82, 2.24) is 9.47 Å². The van der Waals surface area contributed by atoms with E-state index >= 15 is 0 Å². The Balaban J connectivity index is 1.78. The van der Waals surface area contributed by atoms with Gasteiger partial charge in [-0.3, -0.25) is 4.79 Å². The number of carbonyl (C=O) groups is 1. The molecule has 1 amide bonds. The maximum Gasteiger partial charge on any atom is 0.228 e. The van der Waals surface area contributed by atoms with Crippen LogP contribution in [0.4, 0.5) is 0 Å². The predicted molar refractivity (Wildman–Crippen MR) is 74.2 cm³/mol. The number of hydrogen-bond donors (Lipinski definition) is 0. The topological polar surface area (TPSA) is 43.7 Å². The number of amides is 1. The molecule has 2 saturated heterocycles. The number of carbonyl (C=O) groups excluding carboxylic acids is 1. The summed E-state index contributed by atoms with van der Waals surface area (Å²) in [5.74, 6) is 0.240. The Morgan fingerprint density at radius 3 is 2.85 bits per heavy atom. The smallest absolute Gasteiger partial charge is 0.228 e. The Kier molecular flexibility index (Phi) is 4.08. The van der Waals surface area contributed by atoms with Gasteiger partial charge in [-0.25, -0.2) is 0 Å². The summed E-state index contributed by atoms with van der Waals surface area (Å²) >= 11 is 0. The van der Waals surface area contributed by atoms with Crippen LogP contribution in [0.25, 0.3) is 0 Å². The zero-order valence-electron chi connectivity index (χ0n) is 12.0. The lowest BCUT2D eigenvalue weighted by atomic mass is 9.99. The molecule has 110 valence electrons. The van der Waals surface area contributed by atoms with E-state index in [0.29, 0.717) is 26.4 Å². The number of morpholine rings is 1. The van der Waals surface area contributed by atoms with Crippen molar-refractivity contribution in [3.05, 3.63) is 24.0 Å². The van der Waals surface area contributed by atoms with Gasteiger partial charge in [0.2, 0.25) is 5.91 Å². The van der Waals surface area contributed by atoms with Crippen molar-refractivity contribution in [2.75, 3.05) is 33.0 Å². The molecule has 0 unspecified atom stereocenters. The van der Waals surface area contributed by atoms with Crippen LogP contribution in [-0.2, 0) is 21.3 Å². The van der Waals surface area contributed by atoms with Crippen LogP contribution in [0.3, 0.4) is 0 Å². The fraction of sp³-hybridized carbons (Fsp3) is 0.667. The SMILES string of the molecule is Cn1cccc1[C@@H]1COCCN1C(=O)[C@H]1CCCOC1. The molecule has 0 radical (unpaired) electrons. The first-order valence-electron chi connectivity index (χ1n) is 7.34. The first-order chi connectivity index (χ1) is 9.77. The Morgan fingerprint density at radius 1 is 1.30 bits per heavy atom. The number of hydrogen-bond acceptors (Lipinski definition) is 3. The van der Waals surface area contributed by atoms with Crippen LogP contribution in [0.2, 0.25) is 0 Å². The molecule has 5 heteroatoms. The standard InChI is InChI=1S/C15H22N2O3/c1-16-6-2-5-13(16)14-11-20-9-7-17(14)15(18)12-4-3-8-19-10-12/h2,5-6,12,14H,3-4,7-11H2,1H3/t12-,14-/m0/s1. The molecule has 1 aromatic heterocycles. The molecule has 2 aliphatic rings. The van der Waals surface area contributed by atoms with E-state index in [1.165, 1.54) is 0 Å². The summed E-state index contributed by atoms with van der Waals surface area (Å²) in [5, 5.41) is 0. The highest BCUT2D eigenvalue weighted by Crippen LogP contribution is 2.27. The largest absolute Gasteiger partial charge is 0.381 e. The molecule has 0 spiro atoms. The summed E-state index contributed by atoms with van der Waals surface area (Å²) in [4.78, 5) is 14.7. The minimum Gasteiger partial charge on any atom is -0.381 e. The molecule has 0 aromatic carbocycles. The molecule has 2 fully saturated rings. The third-order valence-electron chi connectivity index (χ3n) is 4.25. The maximum atomic E-state index is 12.8. The van der Waals surface area contributed by atoms with Crippen molar-refractivity contribution in [2.24, 2.45) is 13.0 Å². The van der Waals surface area contributed by atoms with E-state index in [-0.39, 0.29) is 17.9 Å². The summed E-state index contributed by atoms with van der Waals surface area (Å²) in [7, 11) is 2.01. The first-order valence-corrected chi connectivity index (χ1v) is 7.34. The minimum absolute atomic E-state index is 0.0182. The van der Waals surface area contributed by atoms with Gasteiger partial charge in [-0.1, -0.05) is 0 Å². The van der Waals surface area contributed by atoms with Gasteiger partial charge in [0, 0.05) is 32.1 Å². The quantitative estimate of drug-likeness (QED) is 0.820. The van der Waals surface area contributed by atoms with Gasteiger partial charge in [0.25, 0.3) is 0 Å². The molecule has 0 N–H and O–H groups in total. The van der Waals surface area contributed by atoms with Crippen LogP contribution in [0.5, 0.6) is 0 Å². The van der Waals surface area contributed by atoms with E-state index in [0.717, 1.165) is 25.1 Å². The summed E-state index contributed by atoms with van der Waals surface area (Å²) in [6, 6.07) is 4.10. The average Bonchev–Trinajstić information content (AvgIpc) is 2.93. The molecule has 5 nitrogen and oxygen atoms in total. The Morgan fingerprint density at radius 2 is 2.15 bits per heavy atom. The summed E-state index contributed by atoms with van der Waals surface area (Å²) in [5.41, 5.74) is 1.13. The van der Waals surface area contributed by atoms with Gasteiger partial charge >= 0.3 is 0 Å². The lowest BCUT2D eigenvalue weighted by Crippen LogP contribution is -2.47. The second kappa shape index (κ2) is 5.97. The van der Waals surface area contributed by atoms with Crippen molar-refractivity contribution in [3.8, 4) is 0 Å². The molecule has 1 aromatic rings. The van der Waals surface area contributed by atoms with E-state index < -0.39 is 0 Å². The van der Waals surface area contributed by atoms with Crippen LogP contribution in [0.1, 0.15) is 24.6 Å². The van der Waals surface area contributed by atoms with Crippen LogP contribution in [0, 0.1) is 5.92 Å². The zero-order valence-corrected chi connectivity index (χ0v) is 12.0. The molecule has 2 aliphatic heterocycles. The van der Waals surface area contributed by atoms with Crippen molar-refractivity contribution in [1.29, 1.82) is 0 Å². The van der Waals surface area contributed by atoms with Gasteiger partial charge in [0.1, 0.15) is 0 Å². The van der Waals surface area contributed by atoms with E-state index in [9.17, 15) is 4.79 Å². The van der Waals surface area contributed by atoms with Gasteiger partial charge in [0.15, 0.2) is 0 Å². The third-order valence-corrected chi connectivity index (χ3v) is 4.25. The lowest BCUT2D eigenvalue weighted by Gasteiger charge is -2.38. The van der Waals surface area contributed by atoms with Gasteiger partial charge in [-0.15, -0.1) is 0 Å². The molecule has 3 rings (SSSR count). The average molecular weight is 278 g/mol. The van der Waals surface area contributed by atoms with Crippen molar-refractivity contribution in [3.63, 3.8) is 0 Å². The highest BCUT2D eigenvalue weighted by molar-refractivity contribution is 5.79. The minimum atomic E-state index is 0.0182. The monoisotopic (exact) mass is 278 g/mol. The van der Waals surface area contributed by atoms with Gasteiger partial charge in [-0.2, -0.15) is 0 Å². The molecular weight excluding hydrogens is 256 g/mol. The third kappa shape index (κ3) is 2.60. The molecule has 0 saturated carbocycles. The Bertz CT molecular complexity index is 465. The molecular formula is C15H22N2O3. The summed E-state index contributed by atoms with van der Waals surface area (Å²) in [6.45, 7) is 3.23. The number of aromatic nitrogens is 1. The molecule has 2 atom stereocenters. The van der Waals surface area contributed by atoms with Crippen molar-refractivity contribution in [2.45, 2.75) is 18.9 Å². The number of aryl methyl sites for hydroxylation is 1. The van der Waals surface area contributed by atoms with Crippen LogP contribution < -0.4 is 0 Å². The Hall–Kier alpha value is -1.33. The summed E-state index contributed by atoms with van der Waals surface area (Å²) in [6.07, 6.45) is 3.93. The highest BCUT2D eigenvalue weighted by atomic mass is 16.5. The molecule has 3 heterocycles. The second-order valence-electron chi connectivity index (χ2n) is 5.58. The van der Waals surface area contributed by atoms with Crippen LogP contribution >= 0.6 is 0 Å². The fourth-order valence-corrected chi connectivity index (χ4v) is 3.10. The van der Waals surface area contributed by atoms with Crippen LogP contribution in [0.15, 0.2) is 18.3 Å². The first kappa shape index (κ1) is 13.6. The number of ether oxygens (including phenoxy) is 2. The van der Waals surface area contributed by atoms with E-state index in [1.54, 1.807) is 0 Å². The van der Waals surface area contributed by atoms with Crippen molar-refractivity contribution >= 4 is 5.91 Å². The molecule has 20 heavy (non-hydrogen) atoms.